The Morgan fingerprint density at radius 2 is 2.17 bits per heavy atom. The van der Waals surface area contributed by atoms with E-state index in [2.05, 4.69) is 15.3 Å². The first-order valence-corrected chi connectivity index (χ1v) is 5.82. The summed E-state index contributed by atoms with van der Waals surface area (Å²) in [6.07, 6.45) is 1.87. The van der Waals surface area contributed by atoms with Crippen LogP contribution in [-0.4, -0.2) is 28.5 Å². The van der Waals surface area contributed by atoms with Gasteiger partial charge in [0.15, 0.2) is 0 Å². The molecule has 0 atom stereocenters. The van der Waals surface area contributed by atoms with Crippen molar-refractivity contribution in [1.82, 2.24) is 15.3 Å². The summed E-state index contributed by atoms with van der Waals surface area (Å²) >= 11 is 0. The number of nitrogens with zero attached hydrogens (tertiary/aromatic N) is 2. The fourth-order valence-corrected chi connectivity index (χ4v) is 1.33. The zero-order chi connectivity index (χ0) is 13.4. The number of rotatable bonds is 6. The van der Waals surface area contributed by atoms with Crippen molar-refractivity contribution in [3.63, 3.8) is 0 Å². The van der Waals surface area contributed by atoms with Gasteiger partial charge in [0.1, 0.15) is 5.82 Å². The zero-order valence-corrected chi connectivity index (χ0v) is 10.6. The fraction of sp³-hybridized carbons (Fsp3) is 0.500. The summed E-state index contributed by atoms with van der Waals surface area (Å²) in [4.78, 5) is 30.6. The third kappa shape index (κ3) is 5.38. The molecule has 18 heavy (non-hydrogen) atoms. The van der Waals surface area contributed by atoms with Crippen LogP contribution >= 0.6 is 0 Å². The Balaban J connectivity index is 2.27. The van der Waals surface area contributed by atoms with Gasteiger partial charge >= 0.3 is 5.97 Å². The predicted octanol–water partition coefficient (Wildman–Crippen LogP) is 0.745. The minimum absolute atomic E-state index is 0.0997. The molecule has 0 saturated carbocycles. The number of hydrogen-bond donors (Lipinski definition) is 1. The molecule has 0 aliphatic heterocycles. The molecule has 0 spiro atoms. The van der Waals surface area contributed by atoms with Crippen LogP contribution in [0.4, 0.5) is 0 Å². The van der Waals surface area contributed by atoms with Crippen LogP contribution in [0.1, 0.15) is 31.3 Å². The minimum Gasteiger partial charge on any atom is -0.466 e. The van der Waals surface area contributed by atoms with Gasteiger partial charge in [-0.15, -0.1) is 0 Å². The van der Waals surface area contributed by atoms with E-state index in [0.717, 1.165) is 5.69 Å². The van der Waals surface area contributed by atoms with Gasteiger partial charge in [0.05, 0.1) is 25.3 Å². The number of ether oxygens (including phenoxy) is 1. The third-order valence-electron chi connectivity index (χ3n) is 2.16. The van der Waals surface area contributed by atoms with Crippen molar-refractivity contribution in [2.75, 3.05) is 6.61 Å². The van der Waals surface area contributed by atoms with E-state index in [-0.39, 0.29) is 24.7 Å². The highest BCUT2D eigenvalue weighted by Gasteiger charge is 2.07. The molecule has 98 valence electrons. The Morgan fingerprint density at radius 1 is 1.39 bits per heavy atom. The summed E-state index contributed by atoms with van der Waals surface area (Å²) in [6.45, 7) is 4.19. The van der Waals surface area contributed by atoms with Gasteiger partial charge in [-0.1, -0.05) is 0 Å². The molecule has 6 heteroatoms. The highest BCUT2D eigenvalue weighted by molar-refractivity contribution is 5.81. The molecule has 6 nitrogen and oxygen atoms in total. The fourth-order valence-electron chi connectivity index (χ4n) is 1.33. The number of hydrogen-bond acceptors (Lipinski definition) is 5. The molecule has 0 aliphatic carbocycles. The Bertz CT molecular complexity index is 421. The zero-order valence-electron chi connectivity index (χ0n) is 10.6. The number of nitrogens with one attached hydrogen (secondary N) is 1. The summed E-state index contributed by atoms with van der Waals surface area (Å²) in [5.74, 6) is 0.109. The standard InChI is InChI=1S/C12H17N3O3/c1-3-18-12(17)5-4-11(16)14-8-10-6-7-13-9(2)15-10/h6-7H,3-5,8H2,1-2H3,(H,14,16). The molecule has 1 aromatic rings. The largest absolute Gasteiger partial charge is 0.466 e. The number of carbonyl (C=O) groups excluding carboxylic acids is 2. The van der Waals surface area contributed by atoms with Crippen LogP contribution in [0, 0.1) is 6.92 Å². The molecule has 0 fully saturated rings. The van der Waals surface area contributed by atoms with Gasteiger partial charge in [0.25, 0.3) is 0 Å². The van der Waals surface area contributed by atoms with E-state index in [9.17, 15) is 9.59 Å². The van der Waals surface area contributed by atoms with Gasteiger partial charge in [-0.3, -0.25) is 9.59 Å². The Hall–Kier alpha value is -1.98. The molecule has 0 saturated heterocycles. The first-order valence-electron chi connectivity index (χ1n) is 5.82. The molecule has 1 heterocycles. The molecular formula is C12H17N3O3. The second kappa shape index (κ2) is 7.37. The normalized spacial score (nSPS) is 9.89. The first kappa shape index (κ1) is 14.1. The predicted molar refractivity (Wildman–Crippen MR) is 64.5 cm³/mol. The lowest BCUT2D eigenvalue weighted by Gasteiger charge is -2.05. The van der Waals surface area contributed by atoms with Crippen molar-refractivity contribution in [2.24, 2.45) is 0 Å². The van der Waals surface area contributed by atoms with Gasteiger partial charge in [-0.25, -0.2) is 9.97 Å². The second-order valence-corrected chi connectivity index (χ2v) is 3.68. The molecule has 0 unspecified atom stereocenters. The molecule has 1 N–H and O–H groups in total. The van der Waals surface area contributed by atoms with Crippen molar-refractivity contribution in [3.05, 3.63) is 23.8 Å². The van der Waals surface area contributed by atoms with Crippen molar-refractivity contribution in [3.8, 4) is 0 Å². The molecule has 1 aromatic heterocycles. The van der Waals surface area contributed by atoms with Gasteiger partial charge in [0, 0.05) is 12.6 Å². The Kier molecular flexibility index (Phi) is 5.76. The van der Waals surface area contributed by atoms with Crippen LogP contribution in [0.15, 0.2) is 12.3 Å². The maximum absolute atomic E-state index is 11.4. The van der Waals surface area contributed by atoms with Crippen molar-refractivity contribution < 1.29 is 14.3 Å². The van der Waals surface area contributed by atoms with Gasteiger partial charge in [-0.05, 0) is 19.9 Å². The van der Waals surface area contributed by atoms with Crippen molar-refractivity contribution in [1.29, 1.82) is 0 Å². The molecular weight excluding hydrogens is 234 g/mol. The average molecular weight is 251 g/mol. The molecule has 0 aromatic carbocycles. The third-order valence-corrected chi connectivity index (χ3v) is 2.16. The van der Waals surface area contributed by atoms with Crippen molar-refractivity contribution >= 4 is 11.9 Å². The number of aromatic nitrogens is 2. The number of carbonyl (C=O) groups is 2. The van der Waals surface area contributed by atoms with Crippen LogP contribution in [0.25, 0.3) is 0 Å². The summed E-state index contributed by atoms with van der Waals surface area (Å²) in [5.41, 5.74) is 0.743. The maximum atomic E-state index is 11.4. The Labute approximate surface area is 106 Å². The summed E-state index contributed by atoms with van der Waals surface area (Å²) < 4.78 is 4.73. The van der Waals surface area contributed by atoms with E-state index in [0.29, 0.717) is 19.0 Å². The smallest absolute Gasteiger partial charge is 0.306 e. The van der Waals surface area contributed by atoms with Crippen LogP contribution in [0.2, 0.25) is 0 Å². The molecule has 1 amide bonds. The summed E-state index contributed by atoms with van der Waals surface area (Å²) in [5, 5.41) is 2.69. The first-order chi connectivity index (χ1) is 8.61. The average Bonchev–Trinajstić information content (AvgIpc) is 2.34. The van der Waals surface area contributed by atoms with E-state index in [1.54, 1.807) is 26.1 Å². The molecule has 0 bridgehead atoms. The van der Waals surface area contributed by atoms with Crippen molar-refractivity contribution in [2.45, 2.75) is 33.2 Å². The highest BCUT2D eigenvalue weighted by Crippen LogP contribution is 1.96. The lowest BCUT2D eigenvalue weighted by Crippen LogP contribution is -2.24. The lowest BCUT2D eigenvalue weighted by molar-refractivity contribution is -0.144. The minimum atomic E-state index is -0.356. The molecule has 0 radical (unpaired) electrons. The van der Waals surface area contributed by atoms with Crippen LogP contribution in [-0.2, 0) is 20.9 Å². The Morgan fingerprint density at radius 3 is 2.83 bits per heavy atom. The van der Waals surface area contributed by atoms with E-state index in [4.69, 9.17) is 4.74 Å². The summed E-state index contributed by atoms with van der Waals surface area (Å²) in [6, 6.07) is 1.73. The quantitative estimate of drug-likeness (QED) is 0.754. The van der Waals surface area contributed by atoms with Gasteiger partial charge < -0.3 is 10.1 Å². The van der Waals surface area contributed by atoms with E-state index in [1.165, 1.54) is 0 Å². The highest BCUT2D eigenvalue weighted by atomic mass is 16.5. The van der Waals surface area contributed by atoms with Crippen LogP contribution < -0.4 is 5.32 Å². The van der Waals surface area contributed by atoms with Gasteiger partial charge in [-0.2, -0.15) is 0 Å². The second-order valence-electron chi connectivity index (χ2n) is 3.68. The topological polar surface area (TPSA) is 81.2 Å². The van der Waals surface area contributed by atoms with E-state index < -0.39 is 0 Å². The monoisotopic (exact) mass is 251 g/mol. The van der Waals surface area contributed by atoms with E-state index >= 15 is 0 Å². The lowest BCUT2D eigenvalue weighted by atomic mass is 10.3. The van der Waals surface area contributed by atoms with Crippen LogP contribution in [0.3, 0.4) is 0 Å². The molecule has 0 aliphatic rings. The number of esters is 1. The number of amides is 1. The van der Waals surface area contributed by atoms with E-state index in [1.807, 2.05) is 0 Å². The van der Waals surface area contributed by atoms with Crippen LogP contribution in [0.5, 0.6) is 0 Å². The molecule has 1 rings (SSSR count). The SMILES string of the molecule is CCOC(=O)CCC(=O)NCc1ccnc(C)n1. The maximum Gasteiger partial charge on any atom is 0.306 e. The summed E-state index contributed by atoms with van der Waals surface area (Å²) in [7, 11) is 0. The van der Waals surface area contributed by atoms with Gasteiger partial charge in [0.2, 0.25) is 5.91 Å². The number of aryl methyl sites for hydroxylation is 1.